The van der Waals surface area contributed by atoms with Crippen LogP contribution in [0.15, 0.2) is 0 Å². The van der Waals surface area contributed by atoms with Gasteiger partial charge in [0.1, 0.15) is 0 Å². The molecular weight excluding hydrogens is 148 g/mol. The zero-order valence-corrected chi connectivity index (χ0v) is 8.90. The summed E-state index contributed by atoms with van der Waals surface area (Å²) in [6.07, 6.45) is 7.19. The van der Waals surface area contributed by atoms with Crippen molar-refractivity contribution in [1.82, 2.24) is 0 Å². The average molecular weight is 172 g/mol. The Hall–Kier alpha value is -0.0400. The van der Waals surface area contributed by atoms with Crippen molar-refractivity contribution < 1.29 is 5.11 Å². The molecule has 0 radical (unpaired) electrons. The summed E-state index contributed by atoms with van der Waals surface area (Å²) in [7, 11) is 0. The Kier molecular flexibility index (Phi) is 6.45. The summed E-state index contributed by atoms with van der Waals surface area (Å²) < 4.78 is 0. The maximum atomic E-state index is 9.33. The molecule has 0 aromatic rings. The van der Waals surface area contributed by atoms with Crippen LogP contribution in [-0.4, -0.2) is 11.7 Å². The Morgan fingerprint density at radius 2 is 1.67 bits per heavy atom. The summed E-state index contributed by atoms with van der Waals surface area (Å²) in [4.78, 5) is 0. The number of unbranched alkanes of at least 4 members (excludes halogenated alkanes) is 1. The molecule has 0 saturated carbocycles. The first-order valence-electron chi connectivity index (χ1n) is 5.35. The van der Waals surface area contributed by atoms with Crippen molar-refractivity contribution in [3.63, 3.8) is 0 Å². The smallest absolute Gasteiger partial charge is 0.0487 e. The largest absolute Gasteiger partial charge is 0.396 e. The quantitative estimate of drug-likeness (QED) is 0.624. The van der Waals surface area contributed by atoms with Crippen LogP contribution in [0, 0.1) is 5.41 Å². The van der Waals surface area contributed by atoms with E-state index in [0.717, 1.165) is 6.42 Å². The first kappa shape index (κ1) is 12.0. The van der Waals surface area contributed by atoms with Gasteiger partial charge in [-0.2, -0.15) is 0 Å². The molecule has 1 unspecified atom stereocenters. The minimum Gasteiger partial charge on any atom is -0.396 e. The van der Waals surface area contributed by atoms with E-state index in [2.05, 4.69) is 20.8 Å². The highest BCUT2D eigenvalue weighted by atomic mass is 16.3. The van der Waals surface area contributed by atoms with Gasteiger partial charge in [0.25, 0.3) is 0 Å². The maximum absolute atomic E-state index is 9.33. The van der Waals surface area contributed by atoms with Crippen LogP contribution < -0.4 is 0 Å². The van der Waals surface area contributed by atoms with Gasteiger partial charge in [-0.05, 0) is 24.7 Å². The summed E-state index contributed by atoms with van der Waals surface area (Å²) in [5, 5.41) is 9.33. The Morgan fingerprint density at radius 1 is 1.00 bits per heavy atom. The van der Waals surface area contributed by atoms with Gasteiger partial charge in [-0.15, -0.1) is 0 Å². The van der Waals surface area contributed by atoms with Crippen LogP contribution in [0.4, 0.5) is 0 Å². The lowest BCUT2D eigenvalue weighted by Crippen LogP contribution is -2.24. The van der Waals surface area contributed by atoms with Gasteiger partial charge in [0.15, 0.2) is 0 Å². The van der Waals surface area contributed by atoms with Gasteiger partial charge in [-0.3, -0.25) is 0 Å². The SMILES string of the molecule is CCCCC(CC)(CO)CCC. The highest BCUT2D eigenvalue weighted by molar-refractivity contribution is 4.76. The molecule has 74 valence electrons. The zero-order chi connectivity index (χ0) is 9.45. The van der Waals surface area contributed by atoms with E-state index in [4.69, 9.17) is 0 Å². The van der Waals surface area contributed by atoms with E-state index >= 15 is 0 Å². The third-order valence-electron chi connectivity index (χ3n) is 2.93. The molecule has 0 fully saturated rings. The Labute approximate surface area is 77.2 Å². The Morgan fingerprint density at radius 3 is 2.00 bits per heavy atom. The van der Waals surface area contributed by atoms with Crippen molar-refractivity contribution in [3.05, 3.63) is 0 Å². The molecule has 0 saturated heterocycles. The molecular formula is C11H24O. The fourth-order valence-electron chi connectivity index (χ4n) is 1.83. The maximum Gasteiger partial charge on any atom is 0.0487 e. The van der Waals surface area contributed by atoms with Crippen molar-refractivity contribution in [2.24, 2.45) is 5.41 Å². The van der Waals surface area contributed by atoms with E-state index in [-0.39, 0.29) is 5.41 Å². The molecule has 1 atom stereocenters. The molecule has 0 aliphatic heterocycles. The Bertz CT molecular complexity index is 95.2. The molecule has 0 amide bonds. The van der Waals surface area contributed by atoms with Crippen LogP contribution in [0.3, 0.4) is 0 Å². The average Bonchev–Trinajstić information content (AvgIpc) is 2.13. The van der Waals surface area contributed by atoms with Crippen LogP contribution in [0.5, 0.6) is 0 Å². The molecule has 1 heteroatoms. The van der Waals surface area contributed by atoms with Crippen molar-refractivity contribution >= 4 is 0 Å². The fraction of sp³-hybridized carbons (Fsp3) is 1.00. The number of aliphatic hydroxyl groups excluding tert-OH is 1. The van der Waals surface area contributed by atoms with Gasteiger partial charge in [0, 0.05) is 6.61 Å². The second-order valence-corrected chi connectivity index (χ2v) is 3.87. The van der Waals surface area contributed by atoms with Crippen molar-refractivity contribution in [2.45, 2.75) is 59.3 Å². The topological polar surface area (TPSA) is 20.2 Å². The van der Waals surface area contributed by atoms with Crippen LogP contribution in [0.25, 0.3) is 0 Å². The van der Waals surface area contributed by atoms with Crippen LogP contribution in [-0.2, 0) is 0 Å². The molecule has 0 rings (SSSR count). The van der Waals surface area contributed by atoms with Crippen molar-refractivity contribution in [1.29, 1.82) is 0 Å². The first-order valence-corrected chi connectivity index (χ1v) is 5.35. The van der Waals surface area contributed by atoms with E-state index in [1.807, 2.05) is 0 Å². The zero-order valence-electron chi connectivity index (χ0n) is 8.90. The molecule has 0 aromatic heterocycles. The second-order valence-electron chi connectivity index (χ2n) is 3.87. The van der Waals surface area contributed by atoms with Crippen molar-refractivity contribution in [2.75, 3.05) is 6.61 Å². The van der Waals surface area contributed by atoms with E-state index in [1.165, 1.54) is 32.1 Å². The van der Waals surface area contributed by atoms with Gasteiger partial charge in [0.2, 0.25) is 0 Å². The predicted molar refractivity (Wildman–Crippen MR) is 54.2 cm³/mol. The van der Waals surface area contributed by atoms with Gasteiger partial charge in [0.05, 0.1) is 0 Å². The van der Waals surface area contributed by atoms with Crippen LogP contribution in [0.2, 0.25) is 0 Å². The highest BCUT2D eigenvalue weighted by Crippen LogP contribution is 2.33. The fourth-order valence-corrected chi connectivity index (χ4v) is 1.83. The van der Waals surface area contributed by atoms with Crippen LogP contribution in [0.1, 0.15) is 59.3 Å². The molecule has 0 aliphatic carbocycles. The molecule has 1 nitrogen and oxygen atoms in total. The first-order chi connectivity index (χ1) is 5.74. The number of rotatable bonds is 7. The molecule has 1 N–H and O–H groups in total. The molecule has 12 heavy (non-hydrogen) atoms. The molecule has 0 heterocycles. The second kappa shape index (κ2) is 6.47. The van der Waals surface area contributed by atoms with Gasteiger partial charge >= 0.3 is 0 Å². The minimum atomic E-state index is 0.241. The lowest BCUT2D eigenvalue weighted by atomic mass is 9.77. The van der Waals surface area contributed by atoms with Gasteiger partial charge in [-0.1, -0.05) is 40.0 Å². The standard InChI is InChI=1S/C11H24O/c1-4-7-9-11(6-3,10-12)8-5-2/h12H,4-10H2,1-3H3. The molecule has 0 aliphatic rings. The summed E-state index contributed by atoms with van der Waals surface area (Å²) in [5.41, 5.74) is 0.241. The number of hydrogen-bond acceptors (Lipinski definition) is 1. The third-order valence-corrected chi connectivity index (χ3v) is 2.93. The van der Waals surface area contributed by atoms with E-state index in [9.17, 15) is 5.11 Å². The van der Waals surface area contributed by atoms with Crippen LogP contribution >= 0.6 is 0 Å². The monoisotopic (exact) mass is 172 g/mol. The Balaban J connectivity index is 3.95. The van der Waals surface area contributed by atoms with Gasteiger partial charge < -0.3 is 5.11 Å². The predicted octanol–water partition coefficient (Wildman–Crippen LogP) is 3.37. The summed E-state index contributed by atoms with van der Waals surface area (Å²) in [6, 6.07) is 0. The molecule has 0 bridgehead atoms. The lowest BCUT2D eigenvalue weighted by molar-refractivity contribution is 0.0967. The summed E-state index contributed by atoms with van der Waals surface area (Å²) >= 11 is 0. The van der Waals surface area contributed by atoms with E-state index in [0.29, 0.717) is 6.61 Å². The third kappa shape index (κ3) is 3.57. The number of aliphatic hydroxyl groups is 1. The highest BCUT2D eigenvalue weighted by Gasteiger charge is 2.24. The lowest BCUT2D eigenvalue weighted by Gasteiger charge is -2.30. The normalized spacial score (nSPS) is 16.0. The van der Waals surface area contributed by atoms with E-state index < -0.39 is 0 Å². The van der Waals surface area contributed by atoms with Crippen molar-refractivity contribution in [3.8, 4) is 0 Å². The van der Waals surface area contributed by atoms with E-state index in [1.54, 1.807) is 0 Å². The molecule has 0 aromatic carbocycles. The summed E-state index contributed by atoms with van der Waals surface area (Å²) in [5.74, 6) is 0. The van der Waals surface area contributed by atoms with Gasteiger partial charge in [-0.25, -0.2) is 0 Å². The minimum absolute atomic E-state index is 0.241. The molecule has 0 spiro atoms. The number of hydrogen-bond donors (Lipinski definition) is 1. The summed E-state index contributed by atoms with van der Waals surface area (Å²) in [6.45, 7) is 6.98.